The van der Waals surface area contributed by atoms with Gasteiger partial charge in [-0.1, -0.05) is 30.3 Å². The minimum atomic E-state index is -3.28. The molecule has 6 nitrogen and oxygen atoms in total. The summed E-state index contributed by atoms with van der Waals surface area (Å²) < 4.78 is 38.8. The van der Waals surface area contributed by atoms with E-state index in [1.807, 2.05) is 30.3 Å². The fraction of sp³-hybridized carbons (Fsp3) is 0.238. The average molecular weight is 413 g/mol. The van der Waals surface area contributed by atoms with Crippen molar-refractivity contribution in [2.45, 2.75) is 0 Å². The van der Waals surface area contributed by atoms with Gasteiger partial charge < -0.3 is 4.90 Å². The first kappa shape index (κ1) is 19.5. The zero-order chi connectivity index (χ0) is 20.6. The first-order valence-corrected chi connectivity index (χ1v) is 11.1. The first-order valence-electron chi connectivity index (χ1n) is 9.22. The molecular formula is C21H20FN3O3S. The fourth-order valence-electron chi connectivity index (χ4n) is 3.64. The number of pyridine rings is 1. The predicted octanol–water partition coefficient (Wildman–Crippen LogP) is 2.76. The summed E-state index contributed by atoms with van der Waals surface area (Å²) in [6.07, 6.45) is 2.69. The minimum Gasteiger partial charge on any atom is -0.336 e. The molecule has 3 aromatic rings. The van der Waals surface area contributed by atoms with Crippen LogP contribution < -0.4 is 0 Å². The van der Waals surface area contributed by atoms with Crippen LogP contribution in [0.1, 0.15) is 10.4 Å². The number of rotatable bonds is 3. The Morgan fingerprint density at radius 2 is 1.72 bits per heavy atom. The number of sulfonamides is 1. The van der Waals surface area contributed by atoms with Crippen molar-refractivity contribution in [2.75, 3.05) is 32.4 Å². The monoisotopic (exact) mass is 413 g/mol. The molecule has 0 aliphatic carbocycles. The average Bonchev–Trinajstić information content (AvgIpc) is 2.72. The van der Waals surface area contributed by atoms with Gasteiger partial charge in [0.15, 0.2) is 0 Å². The number of hydrogen-bond acceptors (Lipinski definition) is 4. The molecule has 0 spiro atoms. The summed E-state index contributed by atoms with van der Waals surface area (Å²) in [5, 5.41) is 0.567. The van der Waals surface area contributed by atoms with Crippen LogP contribution in [0.15, 0.2) is 54.7 Å². The molecule has 29 heavy (non-hydrogen) atoms. The molecule has 0 atom stereocenters. The number of piperazine rings is 1. The number of amides is 1. The molecule has 0 bridgehead atoms. The van der Waals surface area contributed by atoms with E-state index in [0.29, 0.717) is 35.1 Å². The van der Waals surface area contributed by atoms with Crippen molar-refractivity contribution in [1.29, 1.82) is 0 Å². The van der Waals surface area contributed by atoms with Crippen molar-refractivity contribution >= 4 is 26.8 Å². The molecule has 1 saturated heterocycles. The molecule has 8 heteroatoms. The van der Waals surface area contributed by atoms with Crippen LogP contribution in [0, 0.1) is 5.82 Å². The molecule has 1 aromatic heterocycles. The van der Waals surface area contributed by atoms with Crippen molar-refractivity contribution in [1.82, 2.24) is 14.2 Å². The standard InChI is InChI=1S/C21H20FN3O3S/c1-29(27,28)25-11-9-24(10-12-25)21(26)18-14-23-19-8-7-16(22)13-17(19)20(18)15-5-3-2-4-6-15/h2-8,13-14H,9-12H2,1H3. The highest BCUT2D eigenvalue weighted by atomic mass is 32.2. The number of halogens is 1. The number of hydrogen-bond donors (Lipinski definition) is 0. The molecule has 2 heterocycles. The molecule has 150 valence electrons. The zero-order valence-electron chi connectivity index (χ0n) is 15.9. The van der Waals surface area contributed by atoms with Gasteiger partial charge in [-0.2, -0.15) is 4.31 Å². The lowest BCUT2D eigenvalue weighted by atomic mass is 9.95. The normalized spacial score (nSPS) is 15.6. The van der Waals surface area contributed by atoms with Gasteiger partial charge in [-0.3, -0.25) is 9.78 Å². The predicted molar refractivity (Wildman–Crippen MR) is 109 cm³/mol. The van der Waals surface area contributed by atoms with E-state index in [1.54, 1.807) is 11.0 Å². The van der Waals surface area contributed by atoms with Gasteiger partial charge in [0.25, 0.3) is 5.91 Å². The quantitative estimate of drug-likeness (QED) is 0.662. The van der Waals surface area contributed by atoms with Crippen LogP contribution in [0.5, 0.6) is 0 Å². The van der Waals surface area contributed by atoms with Crippen LogP contribution in [-0.4, -0.2) is 60.9 Å². The summed E-state index contributed by atoms with van der Waals surface area (Å²) in [6.45, 7) is 1.09. The lowest BCUT2D eigenvalue weighted by Crippen LogP contribution is -2.50. The lowest BCUT2D eigenvalue weighted by molar-refractivity contribution is 0.0699. The maximum absolute atomic E-state index is 14.0. The molecule has 1 amide bonds. The summed E-state index contributed by atoms with van der Waals surface area (Å²) in [6, 6.07) is 13.7. The number of benzene rings is 2. The van der Waals surface area contributed by atoms with E-state index < -0.39 is 15.8 Å². The molecule has 1 aliphatic heterocycles. The van der Waals surface area contributed by atoms with Crippen LogP contribution in [0.25, 0.3) is 22.0 Å². The molecule has 2 aromatic carbocycles. The second-order valence-electron chi connectivity index (χ2n) is 7.03. The number of nitrogens with zero attached hydrogens (tertiary/aromatic N) is 3. The third-order valence-electron chi connectivity index (χ3n) is 5.12. The van der Waals surface area contributed by atoms with Crippen molar-refractivity contribution in [3.63, 3.8) is 0 Å². The van der Waals surface area contributed by atoms with Crippen LogP contribution in [0.4, 0.5) is 4.39 Å². The summed E-state index contributed by atoms with van der Waals surface area (Å²) in [5.41, 5.74) is 2.40. The van der Waals surface area contributed by atoms with Gasteiger partial charge in [0.05, 0.1) is 17.3 Å². The molecule has 1 aliphatic rings. The van der Waals surface area contributed by atoms with Crippen LogP contribution >= 0.6 is 0 Å². The Balaban J connectivity index is 1.77. The summed E-state index contributed by atoms with van der Waals surface area (Å²) in [7, 11) is -3.28. The third-order valence-corrected chi connectivity index (χ3v) is 6.42. The highest BCUT2D eigenvalue weighted by molar-refractivity contribution is 7.88. The van der Waals surface area contributed by atoms with E-state index in [2.05, 4.69) is 4.98 Å². The molecule has 0 saturated carbocycles. The molecule has 0 radical (unpaired) electrons. The molecule has 4 rings (SSSR count). The summed E-state index contributed by atoms with van der Waals surface area (Å²) in [5.74, 6) is -0.640. The SMILES string of the molecule is CS(=O)(=O)N1CCN(C(=O)c2cnc3ccc(F)cc3c2-c2ccccc2)CC1. The number of carbonyl (C=O) groups excluding carboxylic acids is 1. The molecule has 0 unspecified atom stereocenters. The maximum Gasteiger partial charge on any atom is 0.256 e. The van der Waals surface area contributed by atoms with E-state index in [9.17, 15) is 17.6 Å². The van der Waals surface area contributed by atoms with Gasteiger partial charge in [-0.25, -0.2) is 12.8 Å². The highest BCUT2D eigenvalue weighted by Crippen LogP contribution is 2.32. The van der Waals surface area contributed by atoms with Gasteiger partial charge in [-0.15, -0.1) is 0 Å². The van der Waals surface area contributed by atoms with Crippen molar-refractivity contribution in [2.24, 2.45) is 0 Å². The zero-order valence-corrected chi connectivity index (χ0v) is 16.7. The van der Waals surface area contributed by atoms with E-state index in [-0.39, 0.29) is 19.0 Å². The Kier molecular flexibility index (Phi) is 5.06. The third kappa shape index (κ3) is 3.86. The number of fused-ring (bicyclic) bond motifs is 1. The van der Waals surface area contributed by atoms with Gasteiger partial charge >= 0.3 is 0 Å². The van der Waals surface area contributed by atoms with Crippen molar-refractivity contribution < 1.29 is 17.6 Å². The number of aromatic nitrogens is 1. The fourth-order valence-corrected chi connectivity index (χ4v) is 4.46. The van der Waals surface area contributed by atoms with Gasteiger partial charge in [0.1, 0.15) is 5.82 Å². The number of carbonyl (C=O) groups is 1. The highest BCUT2D eigenvalue weighted by Gasteiger charge is 2.28. The van der Waals surface area contributed by atoms with Crippen LogP contribution in [0.2, 0.25) is 0 Å². The Morgan fingerprint density at radius 1 is 1.03 bits per heavy atom. The Hall–Kier alpha value is -2.84. The van der Waals surface area contributed by atoms with Gasteiger partial charge in [0.2, 0.25) is 10.0 Å². The molecule has 0 N–H and O–H groups in total. The first-order chi connectivity index (χ1) is 13.8. The van der Waals surface area contributed by atoms with E-state index >= 15 is 0 Å². The van der Waals surface area contributed by atoms with Gasteiger partial charge in [-0.05, 0) is 23.8 Å². The smallest absolute Gasteiger partial charge is 0.256 e. The van der Waals surface area contributed by atoms with Crippen molar-refractivity contribution in [3.8, 4) is 11.1 Å². The Labute approximate surface area is 168 Å². The lowest BCUT2D eigenvalue weighted by Gasteiger charge is -2.33. The second-order valence-corrected chi connectivity index (χ2v) is 9.01. The summed E-state index contributed by atoms with van der Waals surface area (Å²) >= 11 is 0. The van der Waals surface area contributed by atoms with Crippen LogP contribution in [-0.2, 0) is 10.0 Å². The van der Waals surface area contributed by atoms with E-state index in [0.717, 1.165) is 5.56 Å². The van der Waals surface area contributed by atoms with Crippen LogP contribution in [0.3, 0.4) is 0 Å². The topological polar surface area (TPSA) is 70.6 Å². The maximum atomic E-state index is 14.0. The summed E-state index contributed by atoms with van der Waals surface area (Å²) in [4.78, 5) is 19.3. The van der Waals surface area contributed by atoms with Gasteiger partial charge in [0, 0.05) is 43.3 Å². The Morgan fingerprint density at radius 3 is 2.38 bits per heavy atom. The van der Waals surface area contributed by atoms with Crippen molar-refractivity contribution in [3.05, 3.63) is 66.1 Å². The molecule has 1 fully saturated rings. The van der Waals surface area contributed by atoms with E-state index in [4.69, 9.17) is 0 Å². The minimum absolute atomic E-state index is 0.240. The largest absolute Gasteiger partial charge is 0.336 e. The Bertz CT molecular complexity index is 1170. The molecular weight excluding hydrogens is 393 g/mol. The second kappa shape index (κ2) is 7.53. The van der Waals surface area contributed by atoms with E-state index in [1.165, 1.54) is 28.9 Å².